The molecule has 0 radical (unpaired) electrons. The van der Waals surface area contributed by atoms with Crippen LogP contribution in [0.5, 0.6) is 0 Å². The van der Waals surface area contributed by atoms with Gasteiger partial charge in [-0.15, -0.1) is 0 Å². The lowest BCUT2D eigenvalue weighted by Gasteiger charge is -2.30. The predicted molar refractivity (Wildman–Crippen MR) is 117 cm³/mol. The van der Waals surface area contributed by atoms with Gasteiger partial charge in [0.05, 0.1) is 18.3 Å². The summed E-state index contributed by atoms with van der Waals surface area (Å²) in [5.74, 6) is 0. The van der Waals surface area contributed by atoms with E-state index in [-0.39, 0.29) is 12.1 Å². The highest BCUT2D eigenvalue weighted by Gasteiger charge is 2.30. The van der Waals surface area contributed by atoms with Gasteiger partial charge in [0.25, 0.3) is 0 Å². The van der Waals surface area contributed by atoms with Crippen LogP contribution in [0.15, 0.2) is 48.5 Å². The number of nitrogens with one attached hydrogen (secondary N) is 1. The molecule has 1 saturated carbocycles. The summed E-state index contributed by atoms with van der Waals surface area (Å²) in [5, 5.41) is 2.92. The van der Waals surface area contributed by atoms with Gasteiger partial charge in [0.2, 0.25) is 0 Å². The van der Waals surface area contributed by atoms with E-state index in [4.69, 9.17) is 9.47 Å². The average Bonchev–Trinajstić information content (AvgIpc) is 2.71. The first kappa shape index (κ1) is 24.1. The molecule has 7 heteroatoms. The second-order valence-electron chi connectivity index (χ2n) is 9.22. The van der Waals surface area contributed by atoms with Gasteiger partial charge in [0.1, 0.15) is 5.60 Å². The maximum atomic E-state index is 12.9. The van der Waals surface area contributed by atoms with Gasteiger partial charge in [-0.25, -0.2) is 4.79 Å². The zero-order valence-corrected chi connectivity index (χ0v) is 18.7. The van der Waals surface area contributed by atoms with Crippen LogP contribution >= 0.6 is 0 Å². The highest BCUT2D eigenvalue weighted by molar-refractivity contribution is 5.68. The van der Waals surface area contributed by atoms with Crippen molar-refractivity contribution in [1.29, 1.82) is 0 Å². The van der Waals surface area contributed by atoms with E-state index in [1.807, 2.05) is 45.0 Å². The minimum absolute atomic E-state index is 0.0203. The molecule has 2 aromatic rings. The molecule has 2 atom stereocenters. The Kier molecular flexibility index (Phi) is 7.49. The summed E-state index contributed by atoms with van der Waals surface area (Å²) < 4.78 is 50.2. The Bertz CT molecular complexity index is 904. The van der Waals surface area contributed by atoms with Crippen LogP contribution < -0.4 is 5.32 Å². The van der Waals surface area contributed by atoms with Gasteiger partial charge in [-0.2, -0.15) is 13.2 Å². The third-order valence-electron chi connectivity index (χ3n) is 5.31. The number of halogens is 3. The molecule has 3 rings (SSSR count). The van der Waals surface area contributed by atoms with Crippen LogP contribution in [0, 0.1) is 0 Å². The van der Waals surface area contributed by atoms with E-state index in [1.54, 1.807) is 6.07 Å². The summed E-state index contributed by atoms with van der Waals surface area (Å²) in [6.07, 6.45) is -1.24. The molecule has 1 aliphatic rings. The Balaban J connectivity index is 1.52. The first-order valence-electron chi connectivity index (χ1n) is 10.9. The first-order valence-corrected chi connectivity index (χ1v) is 10.9. The molecule has 0 bridgehead atoms. The zero-order valence-electron chi connectivity index (χ0n) is 18.7. The van der Waals surface area contributed by atoms with Gasteiger partial charge >= 0.3 is 12.3 Å². The lowest BCUT2D eigenvalue weighted by atomic mass is 9.93. The quantitative estimate of drug-likeness (QED) is 0.551. The molecule has 1 amide bonds. The Morgan fingerprint density at radius 2 is 1.75 bits per heavy atom. The van der Waals surface area contributed by atoms with Gasteiger partial charge in [-0.3, -0.25) is 0 Å². The van der Waals surface area contributed by atoms with Crippen molar-refractivity contribution in [1.82, 2.24) is 5.32 Å². The monoisotopic (exact) mass is 449 g/mol. The first-order chi connectivity index (χ1) is 15.0. The van der Waals surface area contributed by atoms with E-state index in [9.17, 15) is 18.0 Å². The van der Waals surface area contributed by atoms with E-state index < -0.39 is 23.4 Å². The Morgan fingerprint density at radius 1 is 1.03 bits per heavy atom. The van der Waals surface area contributed by atoms with Crippen LogP contribution in [0.3, 0.4) is 0 Å². The summed E-state index contributed by atoms with van der Waals surface area (Å²) >= 11 is 0. The molecule has 0 spiro atoms. The van der Waals surface area contributed by atoms with Crippen molar-refractivity contribution in [3.8, 4) is 11.1 Å². The highest BCUT2D eigenvalue weighted by Crippen LogP contribution is 2.32. The van der Waals surface area contributed by atoms with Crippen molar-refractivity contribution in [3.63, 3.8) is 0 Å². The van der Waals surface area contributed by atoms with Crippen LogP contribution in [-0.2, 0) is 22.3 Å². The van der Waals surface area contributed by atoms with Crippen molar-refractivity contribution in [2.75, 3.05) is 0 Å². The lowest BCUT2D eigenvalue weighted by Crippen LogP contribution is -2.42. The molecule has 174 valence electrons. The van der Waals surface area contributed by atoms with Crippen molar-refractivity contribution >= 4 is 6.09 Å². The molecule has 1 N–H and O–H groups in total. The molecule has 0 heterocycles. The maximum absolute atomic E-state index is 12.9. The van der Waals surface area contributed by atoms with Gasteiger partial charge in [0.15, 0.2) is 0 Å². The maximum Gasteiger partial charge on any atom is 0.416 e. The van der Waals surface area contributed by atoms with Gasteiger partial charge in [-0.1, -0.05) is 36.4 Å². The number of benzene rings is 2. The van der Waals surface area contributed by atoms with E-state index in [0.717, 1.165) is 48.9 Å². The number of carbonyl (C=O) groups is 1. The van der Waals surface area contributed by atoms with E-state index >= 15 is 0 Å². The normalized spacial score (nSPS) is 19.4. The molecule has 32 heavy (non-hydrogen) atoms. The van der Waals surface area contributed by atoms with E-state index in [0.29, 0.717) is 12.2 Å². The fourth-order valence-corrected chi connectivity index (χ4v) is 3.78. The summed E-state index contributed by atoms with van der Waals surface area (Å²) in [5.41, 5.74) is 1.00. The Morgan fingerprint density at radius 3 is 2.41 bits per heavy atom. The van der Waals surface area contributed by atoms with Crippen LogP contribution in [-0.4, -0.2) is 23.8 Å². The number of hydrogen-bond donors (Lipinski definition) is 1. The number of amides is 1. The highest BCUT2D eigenvalue weighted by atomic mass is 19.4. The summed E-state index contributed by atoms with van der Waals surface area (Å²) in [7, 11) is 0. The second kappa shape index (κ2) is 9.94. The fourth-order valence-electron chi connectivity index (χ4n) is 3.78. The molecule has 1 aliphatic carbocycles. The summed E-state index contributed by atoms with van der Waals surface area (Å²) in [6.45, 7) is 5.90. The van der Waals surface area contributed by atoms with Crippen LogP contribution in [0.25, 0.3) is 11.1 Å². The molecule has 0 aromatic heterocycles. The summed E-state index contributed by atoms with van der Waals surface area (Å²) in [6, 6.07) is 12.7. The number of carbonyl (C=O) groups excluding carboxylic acids is 1. The number of ether oxygens (including phenoxy) is 2. The largest absolute Gasteiger partial charge is 0.444 e. The molecule has 2 unspecified atom stereocenters. The third-order valence-corrected chi connectivity index (χ3v) is 5.31. The Labute approximate surface area is 187 Å². The topological polar surface area (TPSA) is 47.6 Å². The number of hydrogen-bond acceptors (Lipinski definition) is 3. The molecule has 2 aromatic carbocycles. The summed E-state index contributed by atoms with van der Waals surface area (Å²) in [4.78, 5) is 12.0. The fraction of sp³-hybridized carbons (Fsp3) is 0.480. The SMILES string of the molecule is CC(C)(C)OC(=O)NC1CCCC(OCc2ccc(-c3cccc(C(F)(F)F)c3)cc2)C1. The van der Waals surface area contributed by atoms with Crippen molar-refractivity contribution in [2.45, 2.75) is 77.0 Å². The number of alkyl halides is 3. The minimum atomic E-state index is -4.36. The molecular weight excluding hydrogens is 419 g/mol. The van der Waals surface area contributed by atoms with E-state index in [2.05, 4.69) is 5.32 Å². The predicted octanol–water partition coefficient (Wildman–Crippen LogP) is 6.72. The molecule has 1 fully saturated rings. The van der Waals surface area contributed by atoms with Gasteiger partial charge in [-0.05, 0) is 75.3 Å². The molecule has 0 saturated heterocycles. The third kappa shape index (κ3) is 7.26. The zero-order chi connectivity index (χ0) is 23.4. The number of rotatable bonds is 5. The Hall–Kier alpha value is -2.54. The van der Waals surface area contributed by atoms with Gasteiger partial charge in [0, 0.05) is 6.04 Å². The van der Waals surface area contributed by atoms with Crippen molar-refractivity contribution < 1.29 is 27.4 Å². The average molecular weight is 450 g/mol. The molecule has 4 nitrogen and oxygen atoms in total. The second-order valence-corrected chi connectivity index (χ2v) is 9.22. The number of alkyl carbamates (subject to hydrolysis) is 1. The molecule has 0 aliphatic heterocycles. The van der Waals surface area contributed by atoms with Gasteiger partial charge < -0.3 is 14.8 Å². The van der Waals surface area contributed by atoms with Crippen LogP contribution in [0.4, 0.5) is 18.0 Å². The minimum Gasteiger partial charge on any atom is -0.444 e. The van der Waals surface area contributed by atoms with Crippen LogP contribution in [0.2, 0.25) is 0 Å². The van der Waals surface area contributed by atoms with Crippen molar-refractivity contribution in [2.24, 2.45) is 0 Å². The smallest absolute Gasteiger partial charge is 0.416 e. The van der Waals surface area contributed by atoms with Crippen molar-refractivity contribution in [3.05, 3.63) is 59.7 Å². The standard InChI is InChI=1S/C25H30F3NO3/c1-24(2,3)32-23(30)29-21-8-5-9-22(15-21)31-16-17-10-12-18(13-11-17)19-6-4-7-20(14-19)25(26,27)28/h4,6-7,10-14,21-22H,5,8-9,15-16H2,1-3H3,(H,29,30). The van der Waals surface area contributed by atoms with E-state index in [1.165, 1.54) is 6.07 Å². The van der Waals surface area contributed by atoms with Crippen LogP contribution in [0.1, 0.15) is 57.6 Å². The lowest BCUT2D eigenvalue weighted by molar-refractivity contribution is -0.137. The molecular formula is C25H30F3NO3.